The number of aryl methyl sites for hydroxylation is 2. The van der Waals surface area contributed by atoms with Crippen LogP contribution in [0.3, 0.4) is 0 Å². The van der Waals surface area contributed by atoms with Gasteiger partial charge in [-0.3, -0.25) is 4.79 Å². The Bertz CT molecular complexity index is 1290. The molecule has 0 bridgehead atoms. The number of hydrogen-bond acceptors (Lipinski definition) is 2. The number of pyridine rings is 1. The number of anilines is 1. The molecule has 1 aromatic heterocycles. The first-order chi connectivity index (χ1) is 14.3. The van der Waals surface area contributed by atoms with Gasteiger partial charge in [-0.25, -0.2) is 4.98 Å². The van der Waals surface area contributed by atoms with Crippen molar-refractivity contribution in [1.82, 2.24) is 4.98 Å². The van der Waals surface area contributed by atoms with Crippen molar-refractivity contribution in [3.63, 3.8) is 0 Å². The summed E-state index contributed by atoms with van der Waals surface area (Å²) in [7, 11) is 0. The van der Waals surface area contributed by atoms with Gasteiger partial charge in [0.2, 0.25) is 0 Å². The summed E-state index contributed by atoms with van der Waals surface area (Å²) >= 11 is 0. The SMILES string of the molecule is O=C(Nc1cccc(C#Cc2ccccn2)c1)c1ccc2c3c(cccc13)CC2. The summed E-state index contributed by atoms with van der Waals surface area (Å²) in [6.07, 6.45) is 3.82. The van der Waals surface area contributed by atoms with Gasteiger partial charge in [-0.15, -0.1) is 0 Å². The molecule has 4 aromatic rings. The summed E-state index contributed by atoms with van der Waals surface area (Å²) in [5.41, 5.74) is 5.64. The smallest absolute Gasteiger partial charge is 0.256 e. The van der Waals surface area contributed by atoms with Gasteiger partial charge in [0, 0.05) is 23.0 Å². The number of nitrogens with zero attached hydrogens (tertiary/aromatic N) is 1. The maximum Gasteiger partial charge on any atom is 0.256 e. The van der Waals surface area contributed by atoms with E-state index < -0.39 is 0 Å². The second kappa shape index (κ2) is 7.26. The molecule has 29 heavy (non-hydrogen) atoms. The minimum atomic E-state index is -0.101. The van der Waals surface area contributed by atoms with Crippen LogP contribution in [0.4, 0.5) is 5.69 Å². The third-order valence-electron chi connectivity index (χ3n) is 5.24. The molecule has 3 heteroatoms. The Hall–Kier alpha value is -3.90. The molecular weight excluding hydrogens is 356 g/mol. The molecule has 1 aliphatic rings. The molecule has 1 aliphatic carbocycles. The van der Waals surface area contributed by atoms with Gasteiger partial charge in [-0.1, -0.05) is 42.3 Å². The van der Waals surface area contributed by atoms with E-state index in [-0.39, 0.29) is 5.91 Å². The zero-order valence-electron chi connectivity index (χ0n) is 15.8. The molecule has 0 unspecified atom stereocenters. The van der Waals surface area contributed by atoms with E-state index in [4.69, 9.17) is 0 Å². The maximum atomic E-state index is 13.0. The zero-order chi connectivity index (χ0) is 19.6. The van der Waals surface area contributed by atoms with Crippen LogP contribution in [-0.2, 0) is 12.8 Å². The second-order valence-electron chi connectivity index (χ2n) is 7.11. The first-order valence-corrected chi connectivity index (χ1v) is 9.66. The van der Waals surface area contributed by atoms with Crippen molar-refractivity contribution in [2.45, 2.75) is 12.8 Å². The molecule has 0 aliphatic heterocycles. The van der Waals surface area contributed by atoms with Gasteiger partial charge in [0.25, 0.3) is 5.91 Å². The van der Waals surface area contributed by atoms with E-state index in [9.17, 15) is 4.79 Å². The topological polar surface area (TPSA) is 42.0 Å². The lowest BCUT2D eigenvalue weighted by Gasteiger charge is -2.10. The Morgan fingerprint density at radius 3 is 2.59 bits per heavy atom. The fourth-order valence-electron chi connectivity index (χ4n) is 3.89. The molecule has 138 valence electrons. The van der Waals surface area contributed by atoms with E-state index in [0.717, 1.165) is 35.2 Å². The number of carbonyl (C=O) groups is 1. The molecule has 0 fully saturated rings. The van der Waals surface area contributed by atoms with E-state index in [0.29, 0.717) is 5.56 Å². The Kier molecular flexibility index (Phi) is 4.31. The normalized spacial score (nSPS) is 11.7. The molecule has 1 N–H and O–H groups in total. The minimum absolute atomic E-state index is 0.101. The summed E-state index contributed by atoms with van der Waals surface area (Å²) in [4.78, 5) is 17.2. The molecule has 1 heterocycles. The molecule has 0 saturated carbocycles. The van der Waals surface area contributed by atoms with Gasteiger partial charge in [0.05, 0.1) is 0 Å². The summed E-state index contributed by atoms with van der Waals surface area (Å²) < 4.78 is 0. The van der Waals surface area contributed by atoms with Gasteiger partial charge in [0.1, 0.15) is 5.69 Å². The molecule has 5 rings (SSSR count). The minimum Gasteiger partial charge on any atom is -0.322 e. The van der Waals surface area contributed by atoms with Crippen molar-refractivity contribution in [2.75, 3.05) is 5.32 Å². The average molecular weight is 374 g/mol. The highest BCUT2D eigenvalue weighted by atomic mass is 16.1. The summed E-state index contributed by atoms with van der Waals surface area (Å²) in [5, 5.41) is 5.30. The van der Waals surface area contributed by atoms with Crippen LogP contribution in [0, 0.1) is 11.8 Å². The van der Waals surface area contributed by atoms with Gasteiger partial charge >= 0.3 is 0 Å². The van der Waals surface area contributed by atoms with Crippen molar-refractivity contribution < 1.29 is 4.79 Å². The quantitative estimate of drug-likeness (QED) is 0.503. The lowest BCUT2D eigenvalue weighted by atomic mass is 9.99. The van der Waals surface area contributed by atoms with Crippen LogP contribution in [-0.4, -0.2) is 10.9 Å². The number of amides is 1. The van der Waals surface area contributed by atoms with Gasteiger partial charge in [-0.05, 0) is 77.1 Å². The number of carbonyl (C=O) groups excluding carboxylic acids is 1. The third-order valence-corrected chi connectivity index (χ3v) is 5.24. The largest absolute Gasteiger partial charge is 0.322 e. The Morgan fingerprint density at radius 1 is 0.862 bits per heavy atom. The van der Waals surface area contributed by atoms with Gasteiger partial charge in [-0.2, -0.15) is 0 Å². The Morgan fingerprint density at radius 2 is 1.72 bits per heavy atom. The predicted octanol–water partition coefficient (Wildman–Crippen LogP) is 4.99. The second-order valence-corrected chi connectivity index (χ2v) is 7.11. The summed E-state index contributed by atoms with van der Waals surface area (Å²) in [5.74, 6) is 6.04. The number of nitrogens with one attached hydrogen (secondary N) is 1. The van der Waals surface area contributed by atoms with E-state index in [1.165, 1.54) is 16.5 Å². The first-order valence-electron chi connectivity index (χ1n) is 9.66. The highest BCUT2D eigenvalue weighted by Crippen LogP contribution is 2.33. The summed E-state index contributed by atoms with van der Waals surface area (Å²) in [6, 6.07) is 23.5. The van der Waals surface area contributed by atoms with Crippen molar-refractivity contribution in [1.29, 1.82) is 0 Å². The fraction of sp³-hybridized carbons (Fsp3) is 0.0769. The highest BCUT2D eigenvalue weighted by Gasteiger charge is 2.18. The standard InChI is InChI=1S/C26H18N2O/c29-26(24-15-13-20-12-11-19-6-4-9-23(24)25(19)20)28-22-8-3-5-18(17-22)10-14-21-7-1-2-16-27-21/h1-9,13,15-17H,11-12H2,(H,28,29). The van der Waals surface area contributed by atoms with Crippen LogP contribution in [0.25, 0.3) is 10.8 Å². The molecule has 3 nitrogen and oxygen atoms in total. The fourth-order valence-corrected chi connectivity index (χ4v) is 3.89. The molecule has 0 spiro atoms. The number of rotatable bonds is 2. The van der Waals surface area contributed by atoms with Crippen LogP contribution in [0.5, 0.6) is 0 Å². The molecule has 1 amide bonds. The van der Waals surface area contributed by atoms with E-state index in [1.54, 1.807) is 6.20 Å². The molecule has 0 radical (unpaired) electrons. The molecular formula is C26H18N2O. The molecule has 0 saturated heterocycles. The van der Waals surface area contributed by atoms with Crippen LogP contribution < -0.4 is 5.32 Å². The Balaban J connectivity index is 1.43. The van der Waals surface area contributed by atoms with E-state index in [1.807, 2.05) is 60.7 Å². The van der Waals surface area contributed by atoms with Crippen LogP contribution in [0.15, 0.2) is 79.0 Å². The molecule has 0 atom stereocenters. The van der Waals surface area contributed by atoms with E-state index >= 15 is 0 Å². The van der Waals surface area contributed by atoms with Crippen LogP contribution >= 0.6 is 0 Å². The highest BCUT2D eigenvalue weighted by molar-refractivity contribution is 6.14. The van der Waals surface area contributed by atoms with Crippen LogP contribution in [0.1, 0.15) is 32.7 Å². The predicted molar refractivity (Wildman–Crippen MR) is 116 cm³/mol. The third kappa shape index (κ3) is 3.37. The Labute approximate surface area is 169 Å². The monoisotopic (exact) mass is 374 g/mol. The number of hydrogen-bond donors (Lipinski definition) is 1. The first kappa shape index (κ1) is 17.2. The lowest BCUT2D eigenvalue weighted by molar-refractivity contribution is 0.102. The molecule has 3 aromatic carbocycles. The average Bonchev–Trinajstić information content (AvgIpc) is 3.18. The lowest BCUT2D eigenvalue weighted by Crippen LogP contribution is -2.12. The maximum absolute atomic E-state index is 13.0. The number of benzene rings is 3. The van der Waals surface area contributed by atoms with Crippen LogP contribution in [0.2, 0.25) is 0 Å². The zero-order valence-corrected chi connectivity index (χ0v) is 15.8. The van der Waals surface area contributed by atoms with Crippen molar-refractivity contribution in [3.05, 3.63) is 107 Å². The summed E-state index contributed by atoms with van der Waals surface area (Å²) in [6.45, 7) is 0. The van der Waals surface area contributed by atoms with Gasteiger partial charge < -0.3 is 5.32 Å². The van der Waals surface area contributed by atoms with Crippen molar-refractivity contribution in [3.8, 4) is 11.8 Å². The van der Waals surface area contributed by atoms with Crippen molar-refractivity contribution >= 4 is 22.4 Å². The van der Waals surface area contributed by atoms with E-state index in [2.05, 4.69) is 34.3 Å². The van der Waals surface area contributed by atoms with Crippen molar-refractivity contribution in [2.24, 2.45) is 0 Å². The number of aromatic nitrogens is 1. The van der Waals surface area contributed by atoms with Gasteiger partial charge in [0.15, 0.2) is 0 Å².